The molecular weight excluding hydrogens is 370 g/mol. The van der Waals surface area contributed by atoms with Crippen LogP contribution in [-0.4, -0.2) is 35.6 Å². The van der Waals surface area contributed by atoms with Crippen molar-refractivity contribution in [2.45, 2.75) is 63.8 Å². The van der Waals surface area contributed by atoms with Crippen LogP contribution in [0.1, 0.15) is 63.4 Å². The van der Waals surface area contributed by atoms with E-state index in [9.17, 15) is 0 Å². The lowest BCUT2D eigenvalue weighted by atomic mass is 10.0. The van der Waals surface area contributed by atoms with Gasteiger partial charge in [-0.1, -0.05) is 43.9 Å². The van der Waals surface area contributed by atoms with Crippen LogP contribution in [0.25, 0.3) is 6.08 Å². The van der Waals surface area contributed by atoms with E-state index >= 15 is 0 Å². The Labute approximate surface area is 180 Å². The molecule has 0 radical (unpaired) electrons. The highest BCUT2D eigenvalue weighted by Crippen LogP contribution is 2.32. The van der Waals surface area contributed by atoms with Gasteiger partial charge in [0.25, 0.3) is 0 Å². The first-order chi connectivity index (χ1) is 14.9. The molecule has 0 spiro atoms. The summed E-state index contributed by atoms with van der Waals surface area (Å²) in [6, 6.07) is 9.28. The van der Waals surface area contributed by atoms with Crippen LogP contribution in [0, 0.1) is 0 Å². The number of benzene rings is 1. The van der Waals surface area contributed by atoms with Crippen LogP contribution in [0.5, 0.6) is 0 Å². The summed E-state index contributed by atoms with van der Waals surface area (Å²) in [5.41, 5.74) is 3.49. The van der Waals surface area contributed by atoms with Crippen molar-refractivity contribution in [2.24, 2.45) is 0 Å². The molecule has 2 fully saturated rings. The number of hydrogen-bond acceptors (Lipinski definition) is 5. The number of nitrogens with one attached hydrogen (secondary N) is 1. The fourth-order valence-corrected chi connectivity index (χ4v) is 5.12. The molecule has 158 valence electrons. The predicted molar refractivity (Wildman–Crippen MR) is 126 cm³/mol. The lowest BCUT2D eigenvalue weighted by Crippen LogP contribution is -2.37. The Morgan fingerprint density at radius 1 is 0.933 bits per heavy atom. The van der Waals surface area contributed by atoms with Gasteiger partial charge in [-0.05, 0) is 50.3 Å². The first-order valence-corrected chi connectivity index (χ1v) is 11.8. The molecule has 0 unspecified atom stereocenters. The lowest BCUT2D eigenvalue weighted by Gasteiger charge is -2.34. The Bertz CT molecular complexity index is 879. The molecule has 0 bridgehead atoms. The SMILES string of the molecule is C1=Cc2cnc(Nc3cccc(N4CCCCC4)c3)nc2N(C2CCCCCC2)C1. The molecule has 1 aromatic heterocycles. The van der Waals surface area contributed by atoms with Gasteiger partial charge in [-0.25, -0.2) is 4.98 Å². The van der Waals surface area contributed by atoms with Crippen LogP contribution >= 0.6 is 0 Å². The van der Waals surface area contributed by atoms with Crippen molar-refractivity contribution in [3.8, 4) is 0 Å². The van der Waals surface area contributed by atoms with Gasteiger partial charge in [0.2, 0.25) is 5.95 Å². The fourth-order valence-electron chi connectivity index (χ4n) is 5.12. The molecule has 3 heterocycles. The number of anilines is 4. The van der Waals surface area contributed by atoms with Gasteiger partial charge in [0, 0.05) is 48.8 Å². The third-order valence-electron chi connectivity index (χ3n) is 6.76. The molecule has 0 amide bonds. The van der Waals surface area contributed by atoms with Crippen molar-refractivity contribution in [1.29, 1.82) is 0 Å². The summed E-state index contributed by atoms with van der Waals surface area (Å²) in [4.78, 5) is 14.6. The maximum atomic E-state index is 4.98. The standard InChI is InChI=1S/C25H33N5/c1-2-5-13-22(12-4-1)30-17-9-10-20-19-26-25(28-24(20)30)27-21-11-8-14-23(18-21)29-15-6-3-7-16-29/h8-11,14,18-19,22H,1-7,12-13,15-17H2,(H,26,27,28). The molecule has 1 saturated carbocycles. The third-order valence-corrected chi connectivity index (χ3v) is 6.76. The van der Waals surface area contributed by atoms with Crippen molar-refractivity contribution >= 4 is 29.2 Å². The summed E-state index contributed by atoms with van der Waals surface area (Å²) in [6.45, 7) is 3.27. The third kappa shape index (κ3) is 4.30. The summed E-state index contributed by atoms with van der Waals surface area (Å²) in [5, 5.41) is 3.47. The van der Waals surface area contributed by atoms with Crippen molar-refractivity contribution < 1.29 is 0 Å². The first-order valence-electron chi connectivity index (χ1n) is 11.8. The Hall–Kier alpha value is -2.56. The van der Waals surface area contributed by atoms with Crippen LogP contribution in [-0.2, 0) is 0 Å². The molecule has 3 aliphatic rings. The van der Waals surface area contributed by atoms with Crippen molar-refractivity contribution in [3.63, 3.8) is 0 Å². The van der Waals surface area contributed by atoms with Gasteiger partial charge < -0.3 is 15.1 Å². The average molecular weight is 404 g/mol. The van der Waals surface area contributed by atoms with E-state index in [0.717, 1.165) is 36.7 Å². The molecular formula is C25H33N5. The second kappa shape index (κ2) is 9.07. The van der Waals surface area contributed by atoms with Gasteiger partial charge in [0.05, 0.1) is 0 Å². The summed E-state index contributed by atoms with van der Waals surface area (Å²) < 4.78 is 0. The summed E-state index contributed by atoms with van der Waals surface area (Å²) >= 11 is 0. The van der Waals surface area contributed by atoms with E-state index in [0.29, 0.717) is 12.0 Å². The van der Waals surface area contributed by atoms with Gasteiger partial charge in [-0.2, -0.15) is 4.98 Å². The van der Waals surface area contributed by atoms with Crippen molar-refractivity contribution in [2.75, 3.05) is 34.8 Å². The van der Waals surface area contributed by atoms with E-state index in [1.165, 1.54) is 63.5 Å². The highest BCUT2D eigenvalue weighted by molar-refractivity contribution is 5.70. The summed E-state index contributed by atoms with van der Waals surface area (Å²) in [6.07, 6.45) is 18.3. The Balaban J connectivity index is 1.36. The van der Waals surface area contributed by atoms with E-state index in [2.05, 4.69) is 56.5 Å². The van der Waals surface area contributed by atoms with Gasteiger partial charge in [-0.15, -0.1) is 0 Å². The van der Waals surface area contributed by atoms with Crippen LogP contribution in [0.4, 0.5) is 23.1 Å². The quantitative estimate of drug-likeness (QED) is 0.657. The molecule has 1 saturated heterocycles. The Morgan fingerprint density at radius 3 is 2.57 bits per heavy atom. The molecule has 5 heteroatoms. The maximum Gasteiger partial charge on any atom is 0.229 e. The monoisotopic (exact) mass is 403 g/mol. The summed E-state index contributed by atoms with van der Waals surface area (Å²) in [5.74, 6) is 1.78. The predicted octanol–water partition coefficient (Wildman–Crippen LogP) is 5.77. The summed E-state index contributed by atoms with van der Waals surface area (Å²) in [7, 11) is 0. The zero-order valence-electron chi connectivity index (χ0n) is 17.9. The van der Waals surface area contributed by atoms with Crippen LogP contribution < -0.4 is 15.1 Å². The van der Waals surface area contributed by atoms with E-state index in [1.807, 2.05) is 6.20 Å². The Kier molecular flexibility index (Phi) is 5.87. The molecule has 2 aliphatic heterocycles. The molecule has 1 aromatic carbocycles. The molecule has 0 atom stereocenters. The highest BCUT2D eigenvalue weighted by Gasteiger charge is 2.25. The van der Waals surface area contributed by atoms with Crippen molar-refractivity contribution in [1.82, 2.24) is 9.97 Å². The van der Waals surface area contributed by atoms with E-state index < -0.39 is 0 Å². The van der Waals surface area contributed by atoms with E-state index in [1.54, 1.807) is 0 Å². The molecule has 5 nitrogen and oxygen atoms in total. The number of rotatable bonds is 4. The number of nitrogens with zero attached hydrogens (tertiary/aromatic N) is 4. The minimum absolute atomic E-state index is 0.598. The number of aromatic nitrogens is 2. The largest absolute Gasteiger partial charge is 0.371 e. The van der Waals surface area contributed by atoms with E-state index in [-0.39, 0.29) is 0 Å². The number of piperidine rings is 1. The zero-order chi connectivity index (χ0) is 20.2. The van der Waals surface area contributed by atoms with Crippen LogP contribution in [0.2, 0.25) is 0 Å². The minimum Gasteiger partial charge on any atom is -0.371 e. The molecule has 5 rings (SSSR count). The average Bonchev–Trinajstić information content (AvgIpc) is 3.09. The second-order valence-electron chi connectivity index (χ2n) is 8.90. The molecule has 30 heavy (non-hydrogen) atoms. The van der Waals surface area contributed by atoms with Crippen LogP contribution in [0.15, 0.2) is 36.5 Å². The lowest BCUT2D eigenvalue weighted by molar-refractivity contribution is 0.534. The number of hydrogen-bond donors (Lipinski definition) is 1. The van der Waals surface area contributed by atoms with E-state index in [4.69, 9.17) is 4.98 Å². The molecule has 1 N–H and O–H groups in total. The first kappa shape index (κ1) is 19.4. The van der Waals surface area contributed by atoms with Gasteiger partial charge >= 0.3 is 0 Å². The van der Waals surface area contributed by atoms with Crippen molar-refractivity contribution in [3.05, 3.63) is 42.1 Å². The molecule has 2 aromatic rings. The van der Waals surface area contributed by atoms with Gasteiger partial charge in [-0.3, -0.25) is 0 Å². The minimum atomic E-state index is 0.598. The van der Waals surface area contributed by atoms with Gasteiger partial charge in [0.15, 0.2) is 0 Å². The maximum absolute atomic E-state index is 4.98. The highest BCUT2D eigenvalue weighted by atomic mass is 15.3. The Morgan fingerprint density at radius 2 is 1.73 bits per heavy atom. The normalized spacial score (nSPS) is 20.0. The number of fused-ring (bicyclic) bond motifs is 1. The smallest absolute Gasteiger partial charge is 0.229 e. The fraction of sp³-hybridized carbons (Fsp3) is 0.520. The van der Waals surface area contributed by atoms with Gasteiger partial charge in [0.1, 0.15) is 5.82 Å². The topological polar surface area (TPSA) is 44.3 Å². The zero-order valence-corrected chi connectivity index (χ0v) is 17.9. The van der Waals surface area contributed by atoms with Crippen LogP contribution in [0.3, 0.4) is 0 Å². The molecule has 1 aliphatic carbocycles. The second-order valence-corrected chi connectivity index (χ2v) is 8.90.